The van der Waals surface area contributed by atoms with Crippen LogP contribution in [0, 0.1) is 0 Å². The fourth-order valence-corrected chi connectivity index (χ4v) is 4.59. The maximum absolute atomic E-state index is 11.5. The first kappa shape index (κ1) is 20.3. The fourth-order valence-electron chi connectivity index (χ4n) is 2.31. The van der Waals surface area contributed by atoms with E-state index in [0.717, 1.165) is 32.0 Å². The largest absolute Gasteiger partial charge is 0.376 e. The molecule has 1 saturated heterocycles. The molecule has 11 heteroatoms. The monoisotopic (exact) mass is 409 g/mol. The Morgan fingerprint density at radius 1 is 1.20 bits per heavy atom. The van der Waals surface area contributed by atoms with Crippen molar-refractivity contribution in [2.75, 3.05) is 47.4 Å². The molecule has 1 fully saturated rings. The third-order valence-corrected chi connectivity index (χ3v) is 5.57. The summed E-state index contributed by atoms with van der Waals surface area (Å²) in [5.41, 5.74) is 0.814. The number of ether oxygens (including phenoxy) is 1. The van der Waals surface area contributed by atoms with Crippen molar-refractivity contribution in [3.05, 3.63) is 18.2 Å². The molecule has 1 aliphatic heterocycles. The second-order valence-electron chi connectivity index (χ2n) is 5.79. The maximum atomic E-state index is 11.5. The second kappa shape index (κ2) is 8.58. The number of thioether (sulfide) groups is 1. The van der Waals surface area contributed by atoms with Gasteiger partial charge in [0.15, 0.2) is 0 Å². The van der Waals surface area contributed by atoms with Gasteiger partial charge in [-0.3, -0.25) is 9.44 Å². The van der Waals surface area contributed by atoms with Crippen LogP contribution in [-0.4, -0.2) is 60.9 Å². The van der Waals surface area contributed by atoms with Crippen molar-refractivity contribution >= 4 is 43.2 Å². The highest BCUT2D eigenvalue weighted by atomic mass is 32.2. The van der Waals surface area contributed by atoms with Gasteiger partial charge in [-0.1, -0.05) is 0 Å². The molecular formula is C14H23N3O5S3. The number of nitrogens with one attached hydrogen (secondary N) is 3. The summed E-state index contributed by atoms with van der Waals surface area (Å²) in [5.74, 6) is 0.715. The number of hydrogen-bond donors (Lipinski definition) is 3. The molecule has 1 aromatic rings. The minimum absolute atomic E-state index is 0.130. The highest BCUT2D eigenvalue weighted by Crippen LogP contribution is 2.32. The molecular weight excluding hydrogens is 386 g/mol. The van der Waals surface area contributed by atoms with Crippen LogP contribution < -0.4 is 14.8 Å². The lowest BCUT2D eigenvalue weighted by Crippen LogP contribution is -2.38. The Bertz CT molecular complexity index is 790. The number of morpholine rings is 1. The summed E-state index contributed by atoms with van der Waals surface area (Å²) in [5, 5.41) is 3.26. The molecule has 1 aromatic carbocycles. The Morgan fingerprint density at radius 3 is 2.52 bits per heavy atom. The predicted molar refractivity (Wildman–Crippen MR) is 101 cm³/mol. The minimum Gasteiger partial charge on any atom is -0.376 e. The van der Waals surface area contributed by atoms with Gasteiger partial charge >= 0.3 is 0 Å². The molecule has 25 heavy (non-hydrogen) atoms. The standard InChI is InChI=1S/C14H23N3O5S3/c1-24(18,19)16-11-3-4-13(17-25(2,20)21)14(9-11)23-8-5-12-10-15-6-7-22-12/h3-4,9,12,15-17H,5-8,10H2,1-2H3. The summed E-state index contributed by atoms with van der Waals surface area (Å²) >= 11 is 1.45. The summed E-state index contributed by atoms with van der Waals surface area (Å²) in [6, 6.07) is 4.70. The van der Waals surface area contributed by atoms with Crippen LogP contribution in [0.4, 0.5) is 11.4 Å². The van der Waals surface area contributed by atoms with Crippen molar-refractivity contribution in [3.63, 3.8) is 0 Å². The van der Waals surface area contributed by atoms with Gasteiger partial charge in [0.25, 0.3) is 0 Å². The summed E-state index contributed by atoms with van der Waals surface area (Å²) < 4.78 is 56.3. The topological polar surface area (TPSA) is 114 Å². The molecule has 0 aliphatic carbocycles. The lowest BCUT2D eigenvalue weighted by Gasteiger charge is -2.23. The van der Waals surface area contributed by atoms with E-state index >= 15 is 0 Å². The molecule has 0 spiro atoms. The molecule has 0 saturated carbocycles. The van der Waals surface area contributed by atoms with Crippen LogP contribution in [0.1, 0.15) is 6.42 Å². The number of benzene rings is 1. The molecule has 8 nitrogen and oxygen atoms in total. The molecule has 1 aliphatic rings. The average Bonchev–Trinajstić information content (AvgIpc) is 2.48. The van der Waals surface area contributed by atoms with Gasteiger partial charge in [-0.25, -0.2) is 16.8 Å². The smallest absolute Gasteiger partial charge is 0.229 e. The highest BCUT2D eigenvalue weighted by Gasteiger charge is 2.15. The van der Waals surface area contributed by atoms with E-state index in [2.05, 4.69) is 14.8 Å². The van der Waals surface area contributed by atoms with E-state index in [1.165, 1.54) is 17.8 Å². The Labute approximate surface area is 153 Å². The van der Waals surface area contributed by atoms with Gasteiger partial charge in [-0.2, -0.15) is 0 Å². The average molecular weight is 410 g/mol. The van der Waals surface area contributed by atoms with Crippen LogP contribution in [0.3, 0.4) is 0 Å². The van der Waals surface area contributed by atoms with Crippen molar-refractivity contribution in [2.45, 2.75) is 17.4 Å². The highest BCUT2D eigenvalue weighted by molar-refractivity contribution is 7.99. The quantitative estimate of drug-likeness (QED) is 0.547. The molecule has 1 heterocycles. The van der Waals surface area contributed by atoms with Crippen LogP contribution >= 0.6 is 11.8 Å². The normalized spacial score (nSPS) is 18.7. The van der Waals surface area contributed by atoms with Gasteiger partial charge in [-0.15, -0.1) is 11.8 Å². The first-order valence-electron chi connectivity index (χ1n) is 7.67. The van der Waals surface area contributed by atoms with Gasteiger partial charge in [0.05, 0.1) is 30.9 Å². The molecule has 1 unspecified atom stereocenters. The molecule has 3 N–H and O–H groups in total. The molecule has 2 rings (SSSR count). The van der Waals surface area contributed by atoms with Crippen LogP contribution in [0.15, 0.2) is 23.1 Å². The van der Waals surface area contributed by atoms with Gasteiger partial charge < -0.3 is 10.1 Å². The van der Waals surface area contributed by atoms with E-state index in [0.29, 0.717) is 28.6 Å². The Hall–Kier alpha value is -1.01. The van der Waals surface area contributed by atoms with Crippen molar-refractivity contribution in [3.8, 4) is 0 Å². The Kier molecular flexibility index (Phi) is 6.97. The SMILES string of the molecule is CS(=O)(=O)Nc1ccc(NS(C)(=O)=O)c(SCCC2CNCCO2)c1. The summed E-state index contributed by atoms with van der Waals surface area (Å²) in [6.07, 6.45) is 3.08. The van der Waals surface area contributed by atoms with Gasteiger partial charge in [-0.05, 0) is 24.6 Å². The lowest BCUT2D eigenvalue weighted by molar-refractivity contribution is 0.0274. The predicted octanol–water partition coefficient (Wildman–Crippen LogP) is 0.900. The van der Waals surface area contributed by atoms with Crippen LogP contribution in [0.25, 0.3) is 0 Å². The Morgan fingerprint density at radius 2 is 1.92 bits per heavy atom. The van der Waals surface area contributed by atoms with Crippen LogP contribution in [0.2, 0.25) is 0 Å². The summed E-state index contributed by atoms with van der Waals surface area (Å²) in [4.78, 5) is 0.655. The number of rotatable bonds is 8. The molecule has 0 radical (unpaired) electrons. The van der Waals surface area contributed by atoms with Gasteiger partial charge in [0.1, 0.15) is 0 Å². The first-order chi connectivity index (χ1) is 11.6. The van der Waals surface area contributed by atoms with Gasteiger partial charge in [0.2, 0.25) is 20.0 Å². The van der Waals surface area contributed by atoms with E-state index in [1.807, 2.05) is 0 Å². The number of anilines is 2. The first-order valence-corrected chi connectivity index (χ1v) is 12.4. The molecule has 0 aromatic heterocycles. The zero-order chi connectivity index (χ0) is 18.5. The van der Waals surface area contributed by atoms with Crippen LogP contribution in [0.5, 0.6) is 0 Å². The van der Waals surface area contributed by atoms with E-state index < -0.39 is 20.0 Å². The minimum atomic E-state index is -3.43. The van der Waals surface area contributed by atoms with Crippen LogP contribution in [-0.2, 0) is 24.8 Å². The molecule has 142 valence electrons. The second-order valence-corrected chi connectivity index (χ2v) is 10.4. The third kappa shape index (κ3) is 7.82. The van der Waals surface area contributed by atoms with E-state index in [4.69, 9.17) is 4.74 Å². The number of hydrogen-bond acceptors (Lipinski definition) is 7. The van der Waals surface area contributed by atoms with Crippen molar-refractivity contribution in [1.82, 2.24) is 5.32 Å². The van der Waals surface area contributed by atoms with E-state index in [-0.39, 0.29) is 6.10 Å². The zero-order valence-corrected chi connectivity index (χ0v) is 16.6. The Balaban J connectivity index is 2.10. The molecule has 1 atom stereocenters. The zero-order valence-electron chi connectivity index (χ0n) is 14.1. The molecule has 0 amide bonds. The lowest BCUT2D eigenvalue weighted by atomic mass is 10.2. The molecule has 0 bridgehead atoms. The van der Waals surface area contributed by atoms with Crippen molar-refractivity contribution in [2.24, 2.45) is 0 Å². The summed E-state index contributed by atoms with van der Waals surface area (Å²) in [7, 11) is -6.84. The van der Waals surface area contributed by atoms with Crippen molar-refractivity contribution in [1.29, 1.82) is 0 Å². The fraction of sp³-hybridized carbons (Fsp3) is 0.571. The van der Waals surface area contributed by atoms with Crippen molar-refractivity contribution < 1.29 is 21.6 Å². The third-order valence-electron chi connectivity index (χ3n) is 3.28. The number of sulfonamides is 2. The van der Waals surface area contributed by atoms with E-state index in [1.54, 1.807) is 12.1 Å². The maximum Gasteiger partial charge on any atom is 0.229 e. The van der Waals surface area contributed by atoms with Gasteiger partial charge in [0, 0.05) is 29.4 Å². The summed E-state index contributed by atoms with van der Waals surface area (Å²) in [6.45, 7) is 2.33. The van der Waals surface area contributed by atoms with E-state index in [9.17, 15) is 16.8 Å².